The van der Waals surface area contributed by atoms with Crippen LogP contribution in [0.15, 0.2) is 29.1 Å². The van der Waals surface area contributed by atoms with Crippen LogP contribution in [0.2, 0.25) is 0 Å². The average Bonchev–Trinajstić information content (AvgIpc) is 2.90. The van der Waals surface area contributed by atoms with Crippen molar-refractivity contribution in [3.05, 3.63) is 51.1 Å². The zero-order valence-corrected chi connectivity index (χ0v) is 14.7. The summed E-state index contributed by atoms with van der Waals surface area (Å²) in [6.07, 6.45) is 0.392. The number of fused-ring (bicyclic) bond motifs is 1. The van der Waals surface area contributed by atoms with Crippen molar-refractivity contribution in [3.8, 4) is 11.1 Å². The smallest absolute Gasteiger partial charge is 0.305 e. The van der Waals surface area contributed by atoms with E-state index in [2.05, 4.69) is 4.98 Å². The van der Waals surface area contributed by atoms with E-state index in [1.165, 1.54) is 28.0 Å². The molecule has 0 saturated heterocycles. The maximum atomic E-state index is 13.2. The van der Waals surface area contributed by atoms with E-state index in [0.29, 0.717) is 22.5 Å². The van der Waals surface area contributed by atoms with Crippen LogP contribution in [-0.4, -0.2) is 20.6 Å². The lowest BCUT2D eigenvalue weighted by atomic mass is 10.0. The first-order chi connectivity index (χ1) is 11.9. The summed E-state index contributed by atoms with van der Waals surface area (Å²) in [7, 11) is 0. The molecule has 25 heavy (non-hydrogen) atoms. The number of carboxylic acids is 1. The van der Waals surface area contributed by atoms with Crippen molar-refractivity contribution in [1.29, 1.82) is 0 Å². The number of hydrogen-bond donors (Lipinski definition) is 1. The highest BCUT2D eigenvalue weighted by Gasteiger charge is 2.19. The Labute approximate surface area is 147 Å². The van der Waals surface area contributed by atoms with Gasteiger partial charge in [0.2, 0.25) is 0 Å². The van der Waals surface area contributed by atoms with Crippen molar-refractivity contribution in [2.75, 3.05) is 0 Å². The summed E-state index contributed by atoms with van der Waals surface area (Å²) < 4.78 is 14.7. The number of nitrogens with zero attached hydrogens (tertiary/aromatic N) is 2. The van der Waals surface area contributed by atoms with Crippen molar-refractivity contribution in [2.45, 2.75) is 33.2 Å². The van der Waals surface area contributed by atoms with Crippen LogP contribution in [-0.2, 0) is 17.8 Å². The Morgan fingerprint density at radius 1 is 1.32 bits per heavy atom. The van der Waals surface area contributed by atoms with Gasteiger partial charge in [-0.1, -0.05) is 19.1 Å². The summed E-state index contributed by atoms with van der Waals surface area (Å²) in [6, 6.07) is 5.99. The highest BCUT2D eigenvalue weighted by Crippen LogP contribution is 2.35. The molecule has 5 nitrogen and oxygen atoms in total. The van der Waals surface area contributed by atoms with Gasteiger partial charge < -0.3 is 5.11 Å². The second-order valence-corrected chi connectivity index (χ2v) is 6.91. The Hall–Kier alpha value is -2.54. The number of hydrogen-bond acceptors (Lipinski definition) is 4. The maximum Gasteiger partial charge on any atom is 0.305 e. The van der Waals surface area contributed by atoms with Crippen molar-refractivity contribution in [2.24, 2.45) is 0 Å². The second-order valence-electron chi connectivity index (χ2n) is 5.70. The summed E-state index contributed by atoms with van der Waals surface area (Å²) >= 11 is 1.42. The summed E-state index contributed by atoms with van der Waals surface area (Å²) in [6.45, 7) is 3.86. The number of thiophene rings is 1. The average molecular weight is 360 g/mol. The summed E-state index contributed by atoms with van der Waals surface area (Å²) in [5, 5.41) is 9.41. The second kappa shape index (κ2) is 6.76. The number of aromatic nitrogens is 2. The van der Waals surface area contributed by atoms with Crippen molar-refractivity contribution in [1.82, 2.24) is 9.55 Å². The number of rotatable bonds is 5. The Kier molecular flexibility index (Phi) is 4.67. The first-order valence-corrected chi connectivity index (χ1v) is 8.74. The molecular formula is C18H17FN2O3S. The third-order valence-corrected chi connectivity index (χ3v) is 5.06. The van der Waals surface area contributed by atoms with E-state index >= 15 is 0 Å². The number of benzene rings is 1. The zero-order valence-electron chi connectivity index (χ0n) is 13.9. The molecule has 3 aromatic rings. The highest BCUT2D eigenvalue weighted by molar-refractivity contribution is 7.19. The van der Waals surface area contributed by atoms with Gasteiger partial charge in [-0.3, -0.25) is 14.2 Å². The molecule has 0 radical (unpaired) electrons. The third-order valence-electron chi connectivity index (χ3n) is 4.07. The van der Waals surface area contributed by atoms with Gasteiger partial charge in [-0.2, -0.15) is 0 Å². The minimum atomic E-state index is -0.964. The van der Waals surface area contributed by atoms with Crippen molar-refractivity contribution in [3.63, 3.8) is 0 Å². The fraction of sp³-hybridized carbons (Fsp3) is 0.278. The van der Waals surface area contributed by atoms with E-state index in [4.69, 9.17) is 5.11 Å². The van der Waals surface area contributed by atoms with E-state index in [1.807, 2.05) is 13.8 Å². The molecule has 2 aromatic heterocycles. The predicted molar refractivity (Wildman–Crippen MR) is 95.6 cm³/mol. The molecule has 1 aromatic carbocycles. The van der Waals surface area contributed by atoms with Crippen molar-refractivity contribution >= 4 is 27.5 Å². The van der Waals surface area contributed by atoms with Gasteiger partial charge in [-0.05, 0) is 24.6 Å². The molecule has 0 atom stereocenters. The molecule has 0 saturated carbocycles. The van der Waals surface area contributed by atoms with Gasteiger partial charge in [0.15, 0.2) is 0 Å². The van der Waals surface area contributed by atoms with Crippen LogP contribution in [0.5, 0.6) is 0 Å². The standard InChI is InChI=1S/C18H17FN2O3S/c1-3-13-20-17-16(18(24)21(13)9-8-14(22)23)15(10(2)25-17)11-4-6-12(19)7-5-11/h4-7H,3,8-9H2,1-2H3,(H,22,23). The number of halogens is 1. The monoisotopic (exact) mass is 360 g/mol. The fourth-order valence-electron chi connectivity index (χ4n) is 2.91. The number of aliphatic carboxylic acids is 1. The van der Waals surface area contributed by atoms with Gasteiger partial charge >= 0.3 is 5.97 Å². The SMILES string of the molecule is CCc1nc2sc(C)c(-c3ccc(F)cc3)c2c(=O)n1CCC(=O)O. The van der Waals surface area contributed by atoms with E-state index in [0.717, 1.165) is 16.0 Å². The molecule has 1 N–H and O–H groups in total. The molecule has 0 bridgehead atoms. The molecule has 7 heteroatoms. The Morgan fingerprint density at radius 3 is 2.60 bits per heavy atom. The Bertz CT molecular complexity index is 1010. The molecule has 0 aliphatic heterocycles. The maximum absolute atomic E-state index is 13.2. The summed E-state index contributed by atoms with van der Waals surface area (Å²) in [5.41, 5.74) is 1.24. The Morgan fingerprint density at radius 2 is 2.00 bits per heavy atom. The van der Waals surface area contributed by atoms with E-state index in [1.54, 1.807) is 12.1 Å². The number of carboxylic acid groups (broad SMARTS) is 1. The van der Waals surface area contributed by atoms with Gasteiger partial charge in [0.05, 0.1) is 11.8 Å². The van der Waals surface area contributed by atoms with Gasteiger partial charge in [0.25, 0.3) is 5.56 Å². The van der Waals surface area contributed by atoms with Gasteiger partial charge in [-0.25, -0.2) is 9.37 Å². The normalized spacial score (nSPS) is 11.2. The van der Waals surface area contributed by atoms with Gasteiger partial charge in [0.1, 0.15) is 16.5 Å². The lowest BCUT2D eigenvalue weighted by molar-refractivity contribution is -0.137. The summed E-state index contributed by atoms with van der Waals surface area (Å²) in [4.78, 5) is 30.1. The molecule has 0 aliphatic carbocycles. The van der Waals surface area contributed by atoms with Crippen LogP contribution >= 0.6 is 11.3 Å². The minimum absolute atomic E-state index is 0.0814. The van der Waals surface area contributed by atoms with Crippen LogP contribution in [0.4, 0.5) is 4.39 Å². The summed E-state index contributed by atoms with van der Waals surface area (Å²) in [5.74, 6) is -0.730. The molecule has 130 valence electrons. The van der Waals surface area contributed by atoms with Crippen LogP contribution in [0, 0.1) is 12.7 Å². The lowest BCUT2D eigenvalue weighted by Gasteiger charge is -2.10. The largest absolute Gasteiger partial charge is 0.481 e. The molecule has 0 unspecified atom stereocenters. The lowest BCUT2D eigenvalue weighted by Crippen LogP contribution is -2.26. The topological polar surface area (TPSA) is 72.2 Å². The van der Waals surface area contributed by atoms with Gasteiger partial charge in [0, 0.05) is 23.4 Å². The van der Waals surface area contributed by atoms with Crippen LogP contribution < -0.4 is 5.56 Å². The number of aryl methyl sites for hydroxylation is 2. The fourth-order valence-corrected chi connectivity index (χ4v) is 3.96. The number of carbonyl (C=O) groups is 1. The van der Waals surface area contributed by atoms with E-state index in [9.17, 15) is 14.0 Å². The quantitative estimate of drug-likeness (QED) is 0.754. The van der Waals surface area contributed by atoms with Crippen molar-refractivity contribution < 1.29 is 14.3 Å². The van der Waals surface area contributed by atoms with Crippen LogP contribution in [0.25, 0.3) is 21.3 Å². The van der Waals surface area contributed by atoms with E-state index in [-0.39, 0.29) is 24.3 Å². The highest BCUT2D eigenvalue weighted by atomic mass is 32.1. The molecule has 2 heterocycles. The zero-order chi connectivity index (χ0) is 18.1. The molecule has 0 spiro atoms. The molecule has 0 amide bonds. The molecule has 0 fully saturated rings. The minimum Gasteiger partial charge on any atom is -0.481 e. The van der Waals surface area contributed by atoms with Crippen LogP contribution in [0.3, 0.4) is 0 Å². The molecular weight excluding hydrogens is 343 g/mol. The first-order valence-electron chi connectivity index (χ1n) is 7.93. The molecule has 0 aliphatic rings. The first kappa shape index (κ1) is 17.3. The van der Waals surface area contributed by atoms with E-state index < -0.39 is 5.97 Å². The molecule has 3 rings (SSSR count). The Balaban J connectivity index is 2.27. The van der Waals surface area contributed by atoms with Crippen LogP contribution in [0.1, 0.15) is 24.0 Å². The predicted octanol–water partition coefficient (Wildman–Crippen LogP) is 3.61. The van der Waals surface area contributed by atoms with Gasteiger partial charge in [-0.15, -0.1) is 11.3 Å². The third kappa shape index (κ3) is 3.19.